The summed E-state index contributed by atoms with van der Waals surface area (Å²) in [5, 5.41) is 22.7. The number of phenols is 1. The monoisotopic (exact) mass is 450 g/mol. The Morgan fingerprint density at radius 2 is 1.88 bits per heavy atom. The molecule has 0 saturated heterocycles. The van der Waals surface area contributed by atoms with Gasteiger partial charge in [-0.15, -0.1) is 10.2 Å². The Morgan fingerprint density at radius 3 is 2.62 bits per heavy atom. The second-order valence-corrected chi connectivity index (χ2v) is 7.85. The van der Waals surface area contributed by atoms with E-state index in [2.05, 4.69) is 10.4 Å². The van der Waals surface area contributed by atoms with Gasteiger partial charge in [-0.1, -0.05) is 17.7 Å². The molecule has 0 bridgehead atoms. The number of carbonyl (C=O) groups excluding carboxylic acids is 1. The average Bonchev–Trinajstić information content (AvgIpc) is 3.23. The number of hydrogen-bond donors (Lipinski definition) is 2. The molecular weight excluding hydrogens is 432 g/mol. The van der Waals surface area contributed by atoms with Gasteiger partial charge in [0.1, 0.15) is 16.8 Å². The topological polar surface area (TPSA) is 98.5 Å². The number of aromatic hydroxyl groups is 1. The van der Waals surface area contributed by atoms with Gasteiger partial charge in [0.15, 0.2) is 11.5 Å². The van der Waals surface area contributed by atoms with Gasteiger partial charge < -0.3 is 19.9 Å². The smallest absolute Gasteiger partial charge is 0.225 e. The van der Waals surface area contributed by atoms with E-state index in [1.54, 1.807) is 37.4 Å². The Bertz CT molecular complexity index is 1370. The number of methoxy groups -OCH3 is 2. The Labute approximate surface area is 188 Å². The van der Waals surface area contributed by atoms with Crippen molar-refractivity contribution in [3.8, 4) is 22.9 Å². The highest BCUT2D eigenvalue weighted by atomic mass is 35.5. The van der Waals surface area contributed by atoms with Crippen molar-refractivity contribution in [3.63, 3.8) is 0 Å². The number of hydrogen-bond acceptors (Lipinski definition) is 6. The molecule has 5 rings (SSSR count). The summed E-state index contributed by atoms with van der Waals surface area (Å²) in [6, 6.07) is 14.1. The Hall–Kier alpha value is -3.78. The molecule has 9 heteroatoms. The highest BCUT2D eigenvalue weighted by Crippen LogP contribution is 2.42. The third kappa shape index (κ3) is 3.29. The number of nitrogens with one attached hydrogen (secondary N) is 1. The minimum atomic E-state index is -0.276. The highest BCUT2D eigenvalue weighted by Gasteiger charge is 2.30. The van der Waals surface area contributed by atoms with Crippen LogP contribution in [0.1, 0.15) is 23.5 Å². The zero-order chi connectivity index (χ0) is 22.4. The van der Waals surface area contributed by atoms with E-state index in [0.29, 0.717) is 38.9 Å². The van der Waals surface area contributed by atoms with E-state index >= 15 is 0 Å². The fraction of sp³-hybridized carbons (Fsp3) is 0.174. The molecule has 2 heterocycles. The van der Waals surface area contributed by atoms with E-state index < -0.39 is 0 Å². The number of nitrogens with zero attached hydrogens (tertiary/aromatic N) is 3. The number of phenolic OH excluding ortho intramolecular Hbond substituents is 1. The fourth-order valence-electron chi connectivity index (χ4n) is 4.04. The molecule has 0 aliphatic carbocycles. The van der Waals surface area contributed by atoms with Crippen LogP contribution in [0.25, 0.3) is 16.7 Å². The summed E-state index contributed by atoms with van der Waals surface area (Å²) in [5.41, 5.74) is 4.43. The lowest BCUT2D eigenvalue weighted by atomic mass is 9.84. The van der Waals surface area contributed by atoms with Crippen LogP contribution in [-0.4, -0.2) is 40.2 Å². The molecule has 162 valence electrons. The highest BCUT2D eigenvalue weighted by molar-refractivity contribution is 6.32. The average molecular weight is 451 g/mol. The molecule has 3 aromatic carbocycles. The van der Waals surface area contributed by atoms with Crippen LogP contribution in [0.3, 0.4) is 0 Å². The van der Waals surface area contributed by atoms with Crippen LogP contribution < -0.4 is 14.8 Å². The largest absolute Gasteiger partial charge is 0.504 e. The van der Waals surface area contributed by atoms with Crippen molar-refractivity contribution < 1.29 is 19.4 Å². The Morgan fingerprint density at radius 1 is 1.06 bits per heavy atom. The van der Waals surface area contributed by atoms with E-state index in [4.69, 9.17) is 26.2 Å². The molecule has 1 aromatic heterocycles. The third-order valence-corrected chi connectivity index (χ3v) is 5.87. The number of halogens is 1. The summed E-state index contributed by atoms with van der Waals surface area (Å²) >= 11 is 6.28. The van der Waals surface area contributed by atoms with E-state index in [0.717, 1.165) is 11.1 Å². The number of amides is 1. The first-order valence-electron chi connectivity index (χ1n) is 9.89. The van der Waals surface area contributed by atoms with Crippen molar-refractivity contribution in [2.75, 3.05) is 19.5 Å². The molecular formula is C23H19ClN4O4. The Balaban J connectivity index is 1.67. The lowest BCUT2D eigenvalue weighted by molar-refractivity contribution is -0.116. The van der Waals surface area contributed by atoms with Crippen LogP contribution in [0.4, 0.5) is 5.69 Å². The number of aromatic nitrogens is 3. The lowest BCUT2D eigenvalue weighted by Gasteiger charge is -2.26. The fourth-order valence-corrected chi connectivity index (χ4v) is 4.29. The van der Waals surface area contributed by atoms with Gasteiger partial charge in [0, 0.05) is 23.6 Å². The second kappa shape index (κ2) is 7.72. The van der Waals surface area contributed by atoms with Gasteiger partial charge in [-0.05, 0) is 48.0 Å². The third-order valence-electron chi connectivity index (χ3n) is 5.58. The van der Waals surface area contributed by atoms with E-state index in [9.17, 15) is 9.90 Å². The summed E-state index contributed by atoms with van der Waals surface area (Å²) in [6.45, 7) is 0. The predicted molar refractivity (Wildman–Crippen MR) is 120 cm³/mol. The molecule has 4 aromatic rings. The molecule has 0 saturated carbocycles. The molecule has 0 spiro atoms. The number of rotatable bonds is 4. The predicted octanol–water partition coefficient (Wildman–Crippen LogP) is 4.27. The molecule has 2 N–H and O–H groups in total. The first-order chi connectivity index (χ1) is 15.5. The van der Waals surface area contributed by atoms with Crippen molar-refractivity contribution in [1.82, 2.24) is 15.0 Å². The number of benzene rings is 3. The van der Waals surface area contributed by atoms with E-state index in [1.165, 1.54) is 11.9 Å². The van der Waals surface area contributed by atoms with Crippen molar-refractivity contribution in [1.29, 1.82) is 0 Å². The first kappa shape index (κ1) is 20.1. The molecule has 1 aliphatic heterocycles. The van der Waals surface area contributed by atoms with Crippen molar-refractivity contribution in [3.05, 3.63) is 64.7 Å². The quantitative estimate of drug-likeness (QED) is 0.481. The van der Waals surface area contributed by atoms with Crippen LogP contribution in [-0.2, 0) is 4.79 Å². The molecule has 1 atom stereocenters. The van der Waals surface area contributed by atoms with Gasteiger partial charge in [-0.3, -0.25) is 4.79 Å². The maximum atomic E-state index is 12.4. The summed E-state index contributed by atoms with van der Waals surface area (Å²) in [7, 11) is 3.05. The summed E-state index contributed by atoms with van der Waals surface area (Å²) in [6.07, 6.45) is 0.237. The molecule has 1 unspecified atom stereocenters. The SMILES string of the molecule is COc1cc(C2CC(=O)Nc3ccc4nn(-c5ccc(OC)c(Cl)c5)nc4c32)ccc1O. The first-order valence-corrected chi connectivity index (χ1v) is 10.3. The van der Waals surface area contributed by atoms with E-state index in [1.807, 2.05) is 18.2 Å². The van der Waals surface area contributed by atoms with Crippen molar-refractivity contribution in [2.45, 2.75) is 12.3 Å². The lowest BCUT2D eigenvalue weighted by Crippen LogP contribution is -2.23. The minimum Gasteiger partial charge on any atom is -0.504 e. The van der Waals surface area contributed by atoms with E-state index in [-0.39, 0.29) is 24.0 Å². The van der Waals surface area contributed by atoms with Gasteiger partial charge in [0.05, 0.1) is 24.9 Å². The maximum Gasteiger partial charge on any atom is 0.225 e. The maximum absolute atomic E-state index is 12.4. The number of carbonyl (C=O) groups is 1. The molecule has 0 radical (unpaired) electrons. The second-order valence-electron chi connectivity index (χ2n) is 7.44. The summed E-state index contributed by atoms with van der Waals surface area (Å²) in [4.78, 5) is 13.9. The molecule has 1 aliphatic rings. The zero-order valence-corrected chi connectivity index (χ0v) is 18.1. The molecule has 0 fully saturated rings. The zero-order valence-electron chi connectivity index (χ0n) is 17.3. The van der Waals surface area contributed by atoms with Crippen molar-refractivity contribution >= 4 is 34.2 Å². The summed E-state index contributed by atoms with van der Waals surface area (Å²) < 4.78 is 10.5. The Kier molecular flexibility index (Phi) is 4.86. The van der Waals surface area contributed by atoms with Crippen LogP contribution in [0.5, 0.6) is 17.2 Å². The standard InChI is InChI=1S/C23H19ClN4O4/c1-31-19-8-4-13(10-15(19)24)28-26-17-6-5-16-22(23(17)27-28)14(11-21(30)25-16)12-3-7-18(29)20(9-12)32-2/h3-10,14,29H,11H2,1-2H3,(H,25,30). The van der Waals surface area contributed by atoms with Gasteiger partial charge in [0.25, 0.3) is 0 Å². The number of ether oxygens (including phenoxy) is 2. The van der Waals surface area contributed by atoms with Gasteiger partial charge in [0.2, 0.25) is 5.91 Å². The molecule has 32 heavy (non-hydrogen) atoms. The number of fused-ring (bicyclic) bond motifs is 3. The van der Waals surface area contributed by atoms with Crippen LogP contribution >= 0.6 is 11.6 Å². The normalized spacial score (nSPS) is 15.3. The summed E-state index contributed by atoms with van der Waals surface area (Å²) in [5.74, 6) is 0.578. The van der Waals surface area contributed by atoms with Crippen LogP contribution in [0.2, 0.25) is 5.02 Å². The molecule has 1 amide bonds. The van der Waals surface area contributed by atoms with Crippen LogP contribution in [0, 0.1) is 0 Å². The van der Waals surface area contributed by atoms with Gasteiger partial charge in [-0.2, -0.15) is 4.80 Å². The van der Waals surface area contributed by atoms with Gasteiger partial charge >= 0.3 is 0 Å². The van der Waals surface area contributed by atoms with Crippen molar-refractivity contribution in [2.24, 2.45) is 0 Å². The van der Waals surface area contributed by atoms with Crippen LogP contribution in [0.15, 0.2) is 48.5 Å². The number of anilines is 1. The van der Waals surface area contributed by atoms with Gasteiger partial charge in [-0.25, -0.2) is 0 Å². The molecule has 8 nitrogen and oxygen atoms in total. The minimum absolute atomic E-state index is 0.0391.